The molecule has 0 spiro atoms. The summed E-state index contributed by atoms with van der Waals surface area (Å²) in [7, 11) is 0. The first-order chi connectivity index (χ1) is 9.45. The number of aromatic nitrogens is 2. The summed E-state index contributed by atoms with van der Waals surface area (Å²) in [4.78, 5) is 15.8. The molecule has 1 aromatic heterocycles. The second-order valence-electron chi connectivity index (χ2n) is 5.81. The van der Waals surface area contributed by atoms with Crippen LogP contribution in [0.2, 0.25) is 0 Å². The molecule has 2 aromatic rings. The maximum Gasteiger partial charge on any atom is 0.309 e. The topological polar surface area (TPSA) is 55.1 Å². The van der Waals surface area contributed by atoms with Gasteiger partial charge in [-0.05, 0) is 38.8 Å². The average molecular weight is 274 g/mol. The van der Waals surface area contributed by atoms with Crippen LogP contribution < -0.4 is 0 Å². The lowest BCUT2D eigenvalue weighted by atomic mass is 9.88. The number of carbonyl (C=O) groups is 1. The molecule has 0 saturated heterocycles. The van der Waals surface area contributed by atoms with Crippen LogP contribution in [0.3, 0.4) is 0 Å². The lowest BCUT2D eigenvalue weighted by molar-refractivity contribution is -0.147. The Morgan fingerprint density at radius 1 is 1.35 bits per heavy atom. The molecule has 4 heteroatoms. The third-order valence-corrected chi connectivity index (χ3v) is 3.81. The van der Waals surface area contributed by atoms with Crippen molar-refractivity contribution >= 4 is 17.0 Å². The smallest absolute Gasteiger partial charge is 0.309 e. The zero-order valence-corrected chi connectivity index (χ0v) is 12.4. The summed E-state index contributed by atoms with van der Waals surface area (Å²) in [6.07, 6.45) is 2.39. The van der Waals surface area contributed by atoms with E-state index >= 15 is 0 Å². The average Bonchev–Trinajstić information content (AvgIpc) is 2.77. The Kier molecular flexibility index (Phi) is 4.12. The van der Waals surface area contributed by atoms with Crippen LogP contribution in [0.4, 0.5) is 0 Å². The molecule has 0 saturated carbocycles. The van der Waals surface area contributed by atoms with Gasteiger partial charge in [-0.2, -0.15) is 0 Å². The number of carboxylic acids is 1. The van der Waals surface area contributed by atoms with E-state index in [-0.39, 0.29) is 0 Å². The lowest BCUT2D eigenvalue weighted by Crippen LogP contribution is -2.24. The summed E-state index contributed by atoms with van der Waals surface area (Å²) >= 11 is 0. The Morgan fingerprint density at radius 2 is 2.05 bits per heavy atom. The number of fused-ring (bicyclic) bond motifs is 1. The predicted molar refractivity (Wildman–Crippen MR) is 79.8 cm³/mol. The Morgan fingerprint density at radius 3 is 2.70 bits per heavy atom. The fourth-order valence-electron chi connectivity index (χ4n) is 2.43. The first kappa shape index (κ1) is 14.6. The van der Waals surface area contributed by atoms with Crippen LogP contribution in [-0.2, 0) is 17.8 Å². The fourth-order valence-corrected chi connectivity index (χ4v) is 2.43. The van der Waals surface area contributed by atoms with Crippen molar-refractivity contribution in [3.8, 4) is 0 Å². The third-order valence-electron chi connectivity index (χ3n) is 3.81. The molecule has 0 atom stereocenters. The van der Waals surface area contributed by atoms with Crippen molar-refractivity contribution in [2.75, 3.05) is 0 Å². The van der Waals surface area contributed by atoms with Crippen LogP contribution in [-0.4, -0.2) is 20.6 Å². The van der Waals surface area contributed by atoms with Gasteiger partial charge in [0, 0.05) is 13.0 Å². The molecule has 0 aliphatic heterocycles. The van der Waals surface area contributed by atoms with Crippen LogP contribution in [0.5, 0.6) is 0 Å². The summed E-state index contributed by atoms with van der Waals surface area (Å²) in [5, 5.41) is 9.15. The fraction of sp³-hybridized carbons (Fsp3) is 0.500. The molecule has 108 valence electrons. The van der Waals surface area contributed by atoms with Crippen molar-refractivity contribution < 1.29 is 9.90 Å². The van der Waals surface area contributed by atoms with Crippen molar-refractivity contribution in [1.82, 2.24) is 9.55 Å². The predicted octanol–water partition coefficient (Wildman–Crippen LogP) is 3.49. The van der Waals surface area contributed by atoms with Gasteiger partial charge in [0.2, 0.25) is 0 Å². The summed E-state index contributed by atoms with van der Waals surface area (Å²) in [6.45, 7) is 6.48. The Bertz CT molecular complexity index is 614. The minimum Gasteiger partial charge on any atom is -0.481 e. The molecule has 1 heterocycles. The van der Waals surface area contributed by atoms with E-state index in [2.05, 4.69) is 22.5 Å². The van der Waals surface area contributed by atoms with E-state index in [9.17, 15) is 4.79 Å². The van der Waals surface area contributed by atoms with Crippen LogP contribution in [0.15, 0.2) is 24.3 Å². The number of benzene rings is 1. The second-order valence-corrected chi connectivity index (χ2v) is 5.81. The van der Waals surface area contributed by atoms with E-state index < -0.39 is 11.4 Å². The Hall–Kier alpha value is -1.84. The molecule has 20 heavy (non-hydrogen) atoms. The Labute approximate surface area is 119 Å². The number of para-hydroxylation sites is 2. The van der Waals surface area contributed by atoms with Crippen molar-refractivity contribution in [3.63, 3.8) is 0 Å². The third kappa shape index (κ3) is 2.84. The largest absolute Gasteiger partial charge is 0.481 e. The van der Waals surface area contributed by atoms with Crippen molar-refractivity contribution in [3.05, 3.63) is 30.1 Å². The highest BCUT2D eigenvalue weighted by Gasteiger charge is 2.26. The molecule has 0 amide bonds. The SMILES string of the molecule is CCc1nc2ccccc2n1CCCC(C)(C)C(=O)O. The highest BCUT2D eigenvalue weighted by molar-refractivity contribution is 5.76. The number of hydrogen-bond donors (Lipinski definition) is 1. The highest BCUT2D eigenvalue weighted by atomic mass is 16.4. The second kappa shape index (κ2) is 5.65. The maximum absolute atomic E-state index is 11.1. The van der Waals surface area contributed by atoms with Gasteiger partial charge in [0.05, 0.1) is 16.4 Å². The lowest BCUT2D eigenvalue weighted by Gasteiger charge is -2.19. The molecule has 0 aliphatic rings. The normalized spacial score (nSPS) is 11.9. The molecular formula is C16H22N2O2. The quantitative estimate of drug-likeness (QED) is 0.877. The number of carboxylic acid groups (broad SMARTS) is 1. The summed E-state index contributed by atoms with van der Waals surface area (Å²) in [5.74, 6) is 0.336. The van der Waals surface area contributed by atoms with Gasteiger partial charge in [-0.15, -0.1) is 0 Å². The first-order valence-corrected chi connectivity index (χ1v) is 7.13. The zero-order valence-electron chi connectivity index (χ0n) is 12.4. The minimum atomic E-state index is -0.733. The van der Waals surface area contributed by atoms with Gasteiger partial charge >= 0.3 is 5.97 Å². The summed E-state index contributed by atoms with van der Waals surface area (Å²) in [5.41, 5.74) is 1.49. The van der Waals surface area contributed by atoms with Gasteiger partial charge < -0.3 is 9.67 Å². The van der Waals surface area contributed by atoms with E-state index in [1.165, 1.54) is 0 Å². The highest BCUT2D eigenvalue weighted by Crippen LogP contribution is 2.24. The van der Waals surface area contributed by atoms with Crippen molar-refractivity contribution in [2.45, 2.75) is 46.6 Å². The minimum absolute atomic E-state index is 0.664. The molecule has 0 unspecified atom stereocenters. The van der Waals surface area contributed by atoms with Gasteiger partial charge in [-0.3, -0.25) is 4.79 Å². The van der Waals surface area contributed by atoms with Crippen LogP contribution in [0.25, 0.3) is 11.0 Å². The monoisotopic (exact) mass is 274 g/mol. The van der Waals surface area contributed by atoms with Crippen molar-refractivity contribution in [1.29, 1.82) is 0 Å². The maximum atomic E-state index is 11.1. The molecule has 1 aromatic carbocycles. The van der Waals surface area contributed by atoms with E-state index in [0.717, 1.165) is 36.2 Å². The van der Waals surface area contributed by atoms with Gasteiger partial charge in [-0.1, -0.05) is 19.1 Å². The van der Waals surface area contributed by atoms with E-state index in [1.54, 1.807) is 13.8 Å². The molecule has 0 radical (unpaired) electrons. The molecule has 1 N–H and O–H groups in total. The van der Waals surface area contributed by atoms with Gasteiger partial charge in [-0.25, -0.2) is 4.98 Å². The number of rotatable bonds is 6. The molecule has 0 bridgehead atoms. The number of hydrogen-bond acceptors (Lipinski definition) is 2. The Balaban J connectivity index is 2.15. The first-order valence-electron chi connectivity index (χ1n) is 7.13. The van der Waals surface area contributed by atoms with Crippen LogP contribution >= 0.6 is 0 Å². The summed E-state index contributed by atoms with van der Waals surface area (Å²) in [6, 6.07) is 8.10. The molecule has 0 aliphatic carbocycles. The van der Waals surface area contributed by atoms with Crippen molar-refractivity contribution in [2.24, 2.45) is 5.41 Å². The molecule has 2 rings (SSSR count). The standard InChI is InChI=1S/C16H22N2O2/c1-4-14-17-12-8-5-6-9-13(12)18(14)11-7-10-16(2,3)15(19)20/h5-6,8-9H,4,7,10-11H2,1-3H3,(H,19,20). The van der Waals surface area contributed by atoms with E-state index in [1.807, 2.05) is 18.2 Å². The number of imidazole rings is 1. The number of nitrogens with zero attached hydrogens (tertiary/aromatic N) is 2. The van der Waals surface area contributed by atoms with Crippen LogP contribution in [0, 0.1) is 5.41 Å². The molecular weight excluding hydrogens is 252 g/mol. The summed E-state index contributed by atoms with van der Waals surface area (Å²) < 4.78 is 2.22. The number of aryl methyl sites for hydroxylation is 2. The van der Waals surface area contributed by atoms with Gasteiger partial charge in [0.15, 0.2) is 0 Å². The molecule has 4 nitrogen and oxygen atoms in total. The van der Waals surface area contributed by atoms with E-state index in [4.69, 9.17) is 5.11 Å². The van der Waals surface area contributed by atoms with Gasteiger partial charge in [0.1, 0.15) is 5.82 Å². The van der Waals surface area contributed by atoms with E-state index in [0.29, 0.717) is 6.42 Å². The number of aliphatic carboxylic acids is 1. The van der Waals surface area contributed by atoms with Gasteiger partial charge in [0.25, 0.3) is 0 Å². The molecule has 0 fully saturated rings. The zero-order chi connectivity index (χ0) is 14.8. The van der Waals surface area contributed by atoms with Crippen LogP contribution in [0.1, 0.15) is 39.4 Å².